The molecule has 1 amide bonds. The van der Waals surface area contributed by atoms with Crippen LogP contribution < -0.4 is 19.7 Å². The van der Waals surface area contributed by atoms with E-state index in [4.69, 9.17) is 14.2 Å². The van der Waals surface area contributed by atoms with E-state index in [-0.39, 0.29) is 30.5 Å². The van der Waals surface area contributed by atoms with Gasteiger partial charge in [0.2, 0.25) is 0 Å². The molecule has 1 atom stereocenters. The third-order valence-corrected chi connectivity index (χ3v) is 4.32. The monoisotopic (exact) mass is 415 g/mol. The summed E-state index contributed by atoms with van der Waals surface area (Å²) >= 11 is 0. The molecule has 1 aliphatic heterocycles. The molecule has 0 aliphatic carbocycles. The maximum absolute atomic E-state index is 12.4. The zero-order chi connectivity index (χ0) is 21.7. The van der Waals surface area contributed by atoms with Crippen molar-refractivity contribution in [1.29, 1.82) is 0 Å². The molecule has 0 saturated heterocycles. The van der Waals surface area contributed by atoms with Crippen molar-refractivity contribution in [1.82, 2.24) is 5.32 Å². The van der Waals surface area contributed by atoms with Crippen LogP contribution in [0.3, 0.4) is 0 Å². The number of anilines is 1. The number of benzene rings is 2. The second-order valence-corrected chi connectivity index (χ2v) is 6.73. The molecule has 3 rings (SSSR count). The van der Waals surface area contributed by atoms with Gasteiger partial charge in [0.05, 0.1) is 22.7 Å². The van der Waals surface area contributed by atoms with Crippen molar-refractivity contribution in [3.05, 3.63) is 58.1 Å². The summed E-state index contributed by atoms with van der Waals surface area (Å²) in [5, 5.41) is 13.6. The molecule has 1 N–H and O–H groups in total. The highest BCUT2D eigenvalue weighted by molar-refractivity contribution is 5.97. The molecule has 2 aromatic carbocycles. The van der Waals surface area contributed by atoms with E-state index in [0.29, 0.717) is 17.2 Å². The Morgan fingerprint density at radius 1 is 1.23 bits per heavy atom. The van der Waals surface area contributed by atoms with Gasteiger partial charge >= 0.3 is 5.97 Å². The van der Waals surface area contributed by atoms with E-state index in [1.54, 1.807) is 31.1 Å². The van der Waals surface area contributed by atoms with Crippen LogP contribution in [0.4, 0.5) is 11.4 Å². The van der Waals surface area contributed by atoms with Gasteiger partial charge in [-0.05, 0) is 18.2 Å². The maximum Gasteiger partial charge on any atom is 0.341 e. The van der Waals surface area contributed by atoms with Crippen LogP contribution in [0.25, 0.3) is 0 Å². The number of nitro benzene ring substituents is 1. The van der Waals surface area contributed by atoms with Gasteiger partial charge in [-0.2, -0.15) is 0 Å². The van der Waals surface area contributed by atoms with Crippen LogP contribution >= 0.6 is 0 Å². The third-order valence-electron chi connectivity index (χ3n) is 4.32. The molecule has 1 aliphatic rings. The highest BCUT2D eigenvalue weighted by Crippen LogP contribution is 2.30. The molecule has 158 valence electrons. The number of carbonyl (C=O) groups excluding carboxylic acids is 2. The molecule has 0 saturated carbocycles. The van der Waals surface area contributed by atoms with Crippen LogP contribution in [0.1, 0.15) is 10.4 Å². The first-order valence-corrected chi connectivity index (χ1v) is 9.13. The smallest absolute Gasteiger partial charge is 0.341 e. The van der Waals surface area contributed by atoms with Crippen LogP contribution in [-0.2, 0) is 9.53 Å². The van der Waals surface area contributed by atoms with E-state index in [2.05, 4.69) is 5.32 Å². The van der Waals surface area contributed by atoms with Gasteiger partial charge < -0.3 is 24.4 Å². The minimum absolute atomic E-state index is 0.00243. The molecule has 0 fully saturated rings. The average Bonchev–Trinajstić information content (AvgIpc) is 2.75. The summed E-state index contributed by atoms with van der Waals surface area (Å²) in [6.45, 7) is -0.0833. The lowest BCUT2D eigenvalue weighted by Crippen LogP contribution is -2.42. The standard InChI is InChI=1S/C20H21N3O7/c1-22(2)16-8-7-13(23(26)27)9-15(16)20(25)29-12-19(24)21-10-14-11-28-17-5-3-4-6-18(17)30-14/h3-9,14H,10-12H2,1-2H3,(H,21,24)/t14-/m0/s1. The fourth-order valence-electron chi connectivity index (χ4n) is 2.84. The number of fused-ring (bicyclic) bond motifs is 1. The Balaban J connectivity index is 1.53. The fourth-order valence-corrected chi connectivity index (χ4v) is 2.84. The van der Waals surface area contributed by atoms with Crippen molar-refractivity contribution >= 4 is 23.3 Å². The normalized spacial score (nSPS) is 14.5. The lowest BCUT2D eigenvalue weighted by Gasteiger charge is -2.26. The van der Waals surface area contributed by atoms with Crippen molar-refractivity contribution in [2.45, 2.75) is 6.10 Å². The van der Waals surface area contributed by atoms with E-state index >= 15 is 0 Å². The number of ether oxygens (including phenoxy) is 3. The fraction of sp³-hybridized carbons (Fsp3) is 0.300. The van der Waals surface area contributed by atoms with Gasteiger partial charge in [-0.1, -0.05) is 12.1 Å². The van der Waals surface area contributed by atoms with Gasteiger partial charge in [-0.25, -0.2) is 4.79 Å². The Bertz CT molecular complexity index is 961. The summed E-state index contributed by atoms with van der Waals surface area (Å²) in [6.07, 6.45) is -0.378. The number of nitro groups is 1. The van der Waals surface area contributed by atoms with Crippen LogP contribution in [0.2, 0.25) is 0 Å². The van der Waals surface area contributed by atoms with E-state index in [1.807, 2.05) is 12.1 Å². The number of hydrogen-bond donors (Lipinski definition) is 1. The second kappa shape index (κ2) is 9.12. The molecular weight excluding hydrogens is 394 g/mol. The van der Waals surface area contributed by atoms with Crippen LogP contribution in [0.5, 0.6) is 11.5 Å². The molecule has 0 unspecified atom stereocenters. The summed E-state index contributed by atoms with van der Waals surface area (Å²) in [6, 6.07) is 11.1. The number of rotatable bonds is 7. The van der Waals surface area contributed by atoms with E-state index in [9.17, 15) is 19.7 Å². The Kier molecular flexibility index (Phi) is 6.35. The number of nitrogens with zero attached hydrogens (tertiary/aromatic N) is 2. The van der Waals surface area contributed by atoms with Crippen molar-refractivity contribution in [2.75, 3.05) is 38.8 Å². The van der Waals surface area contributed by atoms with Gasteiger partial charge in [-0.3, -0.25) is 14.9 Å². The minimum atomic E-state index is -0.830. The summed E-state index contributed by atoms with van der Waals surface area (Å²) in [4.78, 5) is 36.5. The summed E-state index contributed by atoms with van der Waals surface area (Å²) in [5.41, 5.74) is 0.201. The van der Waals surface area contributed by atoms with Crippen molar-refractivity contribution in [3.8, 4) is 11.5 Å². The first-order chi connectivity index (χ1) is 14.3. The van der Waals surface area contributed by atoms with E-state index < -0.39 is 23.4 Å². The van der Waals surface area contributed by atoms with Crippen molar-refractivity contribution in [2.24, 2.45) is 0 Å². The molecule has 30 heavy (non-hydrogen) atoms. The predicted molar refractivity (Wildman–Crippen MR) is 107 cm³/mol. The largest absolute Gasteiger partial charge is 0.486 e. The first-order valence-electron chi connectivity index (χ1n) is 9.13. The van der Waals surface area contributed by atoms with Crippen LogP contribution in [0.15, 0.2) is 42.5 Å². The van der Waals surface area contributed by atoms with E-state index in [0.717, 1.165) is 6.07 Å². The van der Waals surface area contributed by atoms with Crippen molar-refractivity contribution in [3.63, 3.8) is 0 Å². The molecule has 0 bridgehead atoms. The summed E-state index contributed by atoms with van der Waals surface area (Å²) < 4.78 is 16.3. The molecule has 0 radical (unpaired) electrons. The molecular formula is C20H21N3O7. The Hall–Kier alpha value is -3.82. The number of para-hydroxylation sites is 2. The number of nitrogens with one attached hydrogen (secondary N) is 1. The molecule has 0 spiro atoms. The van der Waals surface area contributed by atoms with Gasteiger partial charge in [0.25, 0.3) is 11.6 Å². The molecule has 10 nitrogen and oxygen atoms in total. The lowest BCUT2D eigenvalue weighted by molar-refractivity contribution is -0.384. The first kappa shape index (κ1) is 20.9. The molecule has 2 aromatic rings. The second-order valence-electron chi connectivity index (χ2n) is 6.73. The van der Waals surface area contributed by atoms with E-state index in [1.165, 1.54) is 12.1 Å². The quantitative estimate of drug-likeness (QED) is 0.413. The number of amides is 1. The highest BCUT2D eigenvalue weighted by atomic mass is 16.6. The third kappa shape index (κ3) is 4.96. The lowest BCUT2D eigenvalue weighted by atomic mass is 10.1. The molecule has 1 heterocycles. The van der Waals surface area contributed by atoms with Crippen LogP contribution in [-0.4, -0.2) is 56.8 Å². The highest BCUT2D eigenvalue weighted by Gasteiger charge is 2.22. The van der Waals surface area contributed by atoms with Gasteiger partial charge in [-0.15, -0.1) is 0 Å². The summed E-state index contributed by atoms with van der Waals surface area (Å²) in [5.74, 6) is -0.120. The average molecular weight is 415 g/mol. The zero-order valence-electron chi connectivity index (χ0n) is 16.5. The molecule has 0 aromatic heterocycles. The predicted octanol–water partition coefficient (Wildman–Crippen LogP) is 1.77. The number of non-ortho nitro benzene ring substituents is 1. The topological polar surface area (TPSA) is 120 Å². The number of carbonyl (C=O) groups is 2. The maximum atomic E-state index is 12.4. The summed E-state index contributed by atoms with van der Waals surface area (Å²) in [7, 11) is 3.38. The Labute approximate surface area is 172 Å². The number of esters is 1. The minimum Gasteiger partial charge on any atom is -0.486 e. The van der Waals surface area contributed by atoms with Gasteiger partial charge in [0.15, 0.2) is 18.1 Å². The van der Waals surface area contributed by atoms with Crippen LogP contribution in [0, 0.1) is 10.1 Å². The number of hydrogen-bond acceptors (Lipinski definition) is 8. The SMILES string of the molecule is CN(C)c1ccc([N+](=O)[O-])cc1C(=O)OCC(=O)NC[C@H]1COc2ccccc2O1. The zero-order valence-corrected chi connectivity index (χ0v) is 16.5. The Morgan fingerprint density at radius 3 is 2.67 bits per heavy atom. The van der Waals surface area contributed by atoms with Gasteiger partial charge in [0, 0.05) is 26.2 Å². The van der Waals surface area contributed by atoms with Crippen molar-refractivity contribution < 1.29 is 28.7 Å². The van der Waals surface area contributed by atoms with Gasteiger partial charge in [0.1, 0.15) is 12.7 Å². The Morgan fingerprint density at radius 2 is 1.97 bits per heavy atom. The molecule has 10 heteroatoms.